The smallest absolute Gasteiger partial charge is 0.130 e. The molecule has 0 amide bonds. The second kappa shape index (κ2) is 9.07. The molecule has 0 aromatic heterocycles. The van der Waals surface area contributed by atoms with Crippen LogP contribution in [-0.4, -0.2) is 29.4 Å². The summed E-state index contributed by atoms with van der Waals surface area (Å²) in [6.45, 7) is 13.8. The molecule has 0 saturated heterocycles. The molecule has 4 heteroatoms. The highest BCUT2D eigenvalue weighted by molar-refractivity contribution is 5.65. The van der Waals surface area contributed by atoms with E-state index >= 15 is 0 Å². The van der Waals surface area contributed by atoms with Crippen LogP contribution in [0.2, 0.25) is 0 Å². The summed E-state index contributed by atoms with van der Waals surface area (Å²) in [6.07, 6.45) is 4.06. The maximum Gasteiger partial charge on any atom is 0.130 e. The minimum atomic E-state index is -0.965. The Morgan fingerprint density at radius 3 is 2.57 bits per heavy atom. The lowest BCUT2D eigenvalue weighted by atomic mass is 9.92. The highest BCUT2D eigenvalue weighted by atomic mass is 16.5. The normalized spacial score (nSPS) is 13.6. The van der Waals surface area contributed by atoms with Gasteiger partial charge in [-0.1, -0.05) is 18.2 Å². The first kappa shape index (κ1) is 21.7. The molecule has 0 aliphatic heterocycles. The first-order chi connectivity index (χ1) is 13.1. The third-order valence-electron chi connectivity index (χ3n) is 4.91. The minimum Gasteiger partial charge on any atom is -0.457 e. The van der Waals surface area contributed by atoms with E-state index in [-0.39, 0.29) is 0 Å². The van der Waals surface area contributed by atoms with Crippen molar-refractivity contribution >= 4 is 12.0 Å². The van der Waals surface area contributed by atoms with Crippen molar-refractivity contribution in [2.45, 2.75) is 52.7 Å². The largest absolute Gasteiger partial charge is 0.457 e. The Bertz CT molecular complexity index is 854. The summed E-state index contributed by atoms with van der Waals surface area (Å²) in [6, 6.07) is 12.0. The summed E-state index contributed by atoms with van der Waals surface area (Å²) in [7, 11) is 2.02. The van der Waals surface area contributed by atoms with E-state index in [2.05, 4.69) is 30.3 Å². The Kier molecular flexibility index (Phi) is 7.03. The molecular weight excluding hydrogens is 348 g/mol. The van der Waals surface area contributed by atoms with Gasteiger partial charge in [-0.2, -0.15) is 0 Å². The molecule has 0 fully saturated rings. The molecule has 150 valence electrons. The molecule has 0 radical (unpaired) electrons. The van der Waals surface area contributed by atoms with Gasteiger partial charge in [0.1, 0.15) is 11.5 Å². The third-order valence-corrected chi connectivity index (χ3v) is 4.91. The number of hydrogen-bond donors (Lipinski definition) is 1. The van der Waals surface area contributed by atoms with Gasteiger partial charge in [0.15, 0.2) is 0 Å². The Hall–Kier alpha value is -2.59. The second-order valence-corrected chi connectivity index (χ2v) is 7.80. The van der Waals surface area contributed by atoms with Gasteiger partial charge in [-0.05, 0) is 82.0 Å². The predicted molar refractivity (Wildman–Crippen MR) is 118 cm³/mol. The van der Waals surface area contributed by atoms with Crippen LogP contribution in [-0.2, 0) is 5.60 Å². The lowest BCUT2D eigenvalue weighted by Gasteiger charge is -2.23. The van der Waals surface area contributed by atoms with Gasteiger partial charge in [0.25, 0.3) is 0 Å². The van der Waals surface area contributed by atoms with Gasteiger partial charge in [0, 0.05) is 13.1 Å². The summed E-state index contributed by atoms with van der Waals surface area (Å²) in [5.74, 6) is 1.48. The number of rotatable bonds is 8. The van der Waals surface area contributed by atoms with E-state index in [0.29, 0.717) is 18.2 Å². The average molecular weight is 381 g/mol. The van der Waals surface area contributed by atoms with Gasteiger partial charge in [0.2, 0.25) is 0 Å². The first-order valence-corrected chi connectivity index (χ1v) is 9.63. The van der Waals surface area contributed by atoms with Crippen molar-refractivity contribution in [2.24, 2.45) is 4.99 Å². The molecule has 0 heterocycles. The van der Waals surface area contributed by atoms with Crippen molar-refractivity contribution in [1.29, 1.82) is 0 Å². The van der Waals surface area contributed by atoms with Gasteiger partial charge in [-0.25, -0.2) is 4.99 Å². The minimum absolute atomic E-state index is 0.401. The van der Waals surface area contributed by atoms with E-state index in [0.717, 1.165) is 28.1 Å². The first-order valence-electron chi connectivity index (χ1n) is 9.63. The van der Waals surface area contributed by atoms with E-state index in [1.54, 1.807) is 13.0 Å². The summed E-state index contributed by atoms with van der Waals surface area (Å²) < 4.78 is 6.12. The van der Waals surface area contributed by atoms with Crippen LogP contribution in [0.5, 0.6) is 11.5 Å². The lowest BCUT2D eigenvalue weighted by molar-refractivity contribution is 0.0604. The third kappa shape index (κ3) is 5.46. The molecule has 1 N–H and O–H groups in total. The zero-order chi connectivity index (χ0) is 20.9. The van der Waals surface area contributed by atoms with E-state index < -0.39 is 5.60 Å². The molecule has 2 rings (SSSR count). The molecule has 0 bridgehead atoms. The number of hydrogen-bond acceptors (Lipinski definition) is 3. The van der Waals surface area contributed by atoms with Crippen molar-refractivity contribution in [1.82, 2.24) is 4.90 Å². The fraction of sp³-hybridized carbons (Fsp3) is 0.375. The molecule has 28 heavy (non-hydrogen) atoms. The van der Waals surface area contributed by atoms with Crippen molar-refractivity contribution in [3.05, 3.63) is 65.7 Å². The standard InChI is InChI=1S/C24H32N2O2/c1-8-12-24(6,27)20-10-9-11-21(15-20)28-23-14-18(4)22(13-19(23)5)25-16-26(7)17(2)3/h8-11,13-17,27H,1,12H2,2-7H3/b25-16-. The van der Waals surface area contributed by atoms with Crippen LogP contribution < -0.4 is 4.74 Å². The highest BCUT2D eigenvalue weighted by Gasteiger charge is 2.21. The van der Waals surface area contributed by atoms with Gasteiger partial charge >= 0.3 is 0 Å². The van der Waals surface area contributed by atoms with Crippen molar-refractivity contribution in [3.8, 4) is 11.5 Å². The summed E-state index contributed by atoms with van der Waals surface area (Å²) in [5, 5.41) is 10.6. The van der Waals surface area contributed by atoms with Crippen molar-refractivity contribution in [3.63, 3.8) is 0 Å². The number of ether oxygens (including phenoxy) is 1. The SMILES string of the molecule is C=CCC(C)(O)c1cccc(Oc2cc(C)c(/N=C\N(C)C(C)C)cc2C)c1. The number of aliphatic hydroxyl groups is 1. The number of aryl methyl sites for hydroxylation is 2. The van der Waals surface area contributed by atoms with E-state index in [9.17, 15) is 5.11 Å². The Balaban J connectivity index is 2.26. The molecule has 4 nitrogen and oxygen atoms in total. The van der Waals surface area contributed by atoms with Crippen LogP contribution in [0.4, 0.5) is 5.69 Å². The number of benzene rings is 2. The second-order valence-electron chi connectivity index (χ2n) is 7.80. The zero-order valence-corrected chi connectivity index (χ0v) is 17.9. The average Bonchev–Trinajstić information content (AvgIpc) is 2.63. The van der Waals surface area contributed by atoms with Crippen LogP contribution in [0.1, 0.15) is 43.9 Å². The molecule has 0 aliphatic rings. The topological polar surface area (TPSA) is 45.1 Å². The summed E-state index contributed by atoms with van der Waals surface area (Å²) >= 11 is 0. The molecular formula is C24H32N2O2. The van der Waals surface area contributed by atoms with Crippen molar-refractivity contribution in [2.75, 3.05) is 7.05 Å². The maximum absolute atomic E-state index is 10.6. The van der Waals surface area contributed by atoms with Crippen LogP contribution in [0.3, 0.4) is 0 Å². The van der Waals surface area contributed by atoms with Crippen LogP contribution in [0, 0.1) is 13.8 Å². The summed E-state index contributed by atoms with van der Waals surface area (Å²) in [4.78, 5) is 6.67. The molecule has 2 aromatic rings. The molecule has 0 aliphatic carbocycles. The van der Waals surface area contributed by atoms with E-state index in [4.69, 9.17) is 4.74 Å². The number of aliphatic imine (C=N–C) groups is 1. The Morgan fingerprint density at radius 1 is 1.21 bits per heavy atom. The molecule has 0 spiro atoms. The van der Waals surface area contributed by atoms with E-state index in [1.165, 1.54) is 0 Å². The van der Waals surface area contributed by atoms with Gasteiger partial charge < -0.3 is 14.7 Å². The van der Waals surface area contributed by atoms with Gasteiger partial charge in [-0.3, -0.25) is 0 Å². The van der Waals surface area contributed by atoms with Crippen molar-refractivity contribution < 1.29 is 9.84 Å². The molecule has 0 saturated carbocycles. The fourth-order valence-corrected chi connectivity index (χ4v) is 2.73. The Morgan fingerprint density at radius 2 is 1.93 bits per heavy atom. The summed E-state index contributed by atoms with van der Waals surface area (Å²) in [5.41, 5.74) is 2.82. The monoisotopic (exact) mass is 380 g/mol. The Labute approximate surface area is 169 Å². The lowest BCUT2D eigenvalue weighted by Crippen LogP contribution is -2.24. The fourth-order valence-electron chi connectivity index (χ4n) is 2.73. The zero-order valence-electron chi connectivity index (χ0n) is 17.9. The predicted octanol–water partition coefficient (Wildman–Crippen LogP) is 5.88. The van der Waals surface area contributed by atoms with Gasteiger partial charge in [-0.15, -0.1) is 6.58 Å². The quantitative estimate of drug-likeness (QED) is 0.353. The van der Waals surface area contributed by atoms with Crippen LogP contribution in [0.25, 0.3) is 0 Å². The van der Waals surface area contributed by atoms with Gasteiger partial charge in [0.05, 0.1) is 17.6 Å². The highest BCUT2D eigenvalue weighted by Crippen LogP contribution is 2.33. The molecule has 2 aromatic carbocycles. The van der Waals surface area contributed by atoms with Crippen LogP contribution in [0.15, 0.2) is 54.0 Å². The molecule has 1 atom stereocenters. The molecule has 1 unspecified atom stereocenters. The number of nitrogens with zero attached hydrogens (tertiary/aromatic N) is 2. The maximum atomic E-state index is 10.6. The van der Waals surface area contributed by atoms with Crippen LogP contribution >= 0.6 is 0 Å². The van der Waals surface area contributed by atoms with E-state index in [1.807, 2.05) is 63.6 Å².